The molecular formula is C29H31ClN2O6S. The smallest absolute Gasteiger partial charge is 0.329 e. The predicted molar refractivity (Wildman–Crippen MR) is 151 cm³/mol. The molecule has 0 unspecified atom stereocenters. The Labute approximate surface area is 233 Å². The Morgan fingerprint density at radius 3 is 2.15 bits per heavy atom. The number of ether oxygens (including phenoxy) is 1. The second kappa shape index (κ2) is 11.0. The summed E-state index contributed by atoms with van der Waals surface area (Å²) in [6, 6.07) is 13.8. The summed E-state index contributed by atoms with van der Waals surface area (Å²) >= 11 is 6.14. The van der Waals surface area contributed by atoms with Crippen LogP contribution in [0.1, 0.15) is 45.5 Å². The fourth-order valence-electron chi connectivity index (χ4n) is 4.90. The van der Waals surface area contributed by atoms with Crippen molar-refractivity contribution in [2.75, 3.05) is 17.9 Å². The zero-order valence-electron chi connectivity index (χ0n) is 22.2. The highest BCUT2D eigenvalue weighted by molar-refractivity contribution is 7.92. The van der Waals surface area contributed by atoms with Crippen molar-refractivity contribution in [3.63, 3.8) is 0 Å². The molecule has 0 saturated carbocycles. The molecule has 1 heterocycles. The molecule has 0 spiro atoms. The van der Waals surface area contributed by atoms with E-state index in [2.05, 4.69) is 10.0 Å². The lowest BCUT2D eigenvalue weighted by molar-refractivity contribution is -0.148. The van der Waals surface area contributed by atoms with E-state index in [0.717, 1.165) is 11.1 Å². The number of rotatable bonds is 7. The molecule has 0 aliphatic carbocycles. The first-order chi connectivity index (χ1) is 18.3. The average Bonchev–Trinajstić information content (AvgIpc) is 2.86. The molecule has 1 saturated heterocycles. The molecule has 3 N–H and O–H groups in total. The van der Waals surface area contributed by atoms with Crippen LogP contribution in [0.25, 0.3) is 11.1 Å². The van der Waals surface area contributed by atoms with E-state index in [1.54, 1.807) is 58.0 Å². The minimum absolute atomic E-state index is 0.153. The summed E-state index contributed by atoms with van der Waals surface area (Å²) in [6.45, 7) is 7.56. The fourth-order valence-corrected chi connectivity index (χ4v) is 6.48. The number of carboxylic acid groups (broad SMARTS) is 1. The molecule has 0 radical (unpaired) electrons. The van der Waals surface area contributed by atoms with Gasteiger partial charge >= 0.3 is 5.97 Å². The van der Waals surface area contributed by atoms with Crippen molar-refractivity contribution in [3.8, 4) is 11.1 Å². The molecule has 0 aromatic heterocycles. The average molecular weight is 571 g/mol. The third-order valence-electron chi connectivity index (χ3n) is 7.06. The lowest BCUT2D eigenvalue weighted by atomic mass is 9.88. The first-order valence-electron chi connectivity index (χ1n) is 12.5. The highest BCUT2D eigenvalue weighted by atomic mass is 35.5. The van der Waals surface area contributed by atoms with Gasteiger partial charge in [-0.15, -0.1) is 0 Å². The third-order valence-corrected chi connectivity index (χ3v) is 8.99. The number of carbonyl (C=O) groups excluding carboxylic acids is 1. The van der Waals surface area contributed by atoms with Gasteiger partial charge in [-0.3, -0.25) is 9.52 Å². The van der Waals surface area contributed by atoms with E-state index in [1.165, 1.54) is 0 Å². The summed E-state index contributed by atoms with van der Waals surface area (Å²) in [6.07, 6.45) is 0.393. The summed E-state index contributed by atoms with van der Waals surface area (Å²) < 4.78 is 34.2. The molecule has 0 atom stereocenters. The zero-order valence-corrected chi connectivity index (χ0v) is 23.8. The Balaban J connectivity index is 1.61. The van der Waals surface area contributed by atoms with E-state index in [4.69, 9.17) is 16.3 Å². The van der Waals surface area contributed by atoms with Crippen LogP contribution in [0.3, 0.4) is 0 Å². The van der Waals surface area contributed by atoms with Gasteiger partial charge in [-0.05, 0) is 85.3 Å². The van der Waals surface area contributed by atoms with Crippen LogP contribution in [0.15, 0.2) is 53.4 Å². The maximum atomic E-state index is 13.2. The monoisotopic (exact) mass is 570 g/mol. The number of anilines is 1. The van der Waals surface area contributed by atoms with Gasteiger partial charge in [-0.1, -0.05) is 35.9 Å². The summed E-state index contributed by atoms with van der Waals surface area (Å²) in [5.74, 6) is -1.52. The lowest BCUT2D eigenvalue weighted by Gasteiger charge is -2.34. The molecule has 3 aromatic carbocycles. The first-order valence-corrected chi connectivity index (χ1v) is 14.3. The number of amides is 1. The van der Waals surface area contributed by atoms with Gasteiger partial charge in [0.1, 0.15) is 5.54 Å². The number of aryl methyl sites for hydroxylation is 4. The van der Waals surface area contributed by atoms with Crippen LogP contribution in [0.4, 0.5) is 5.69 Å². The largest absolute Gasteiger partial charge is 0.480 e. The topological polar surface area (TPSA) is 122 Å². The van der Waals surface area contributed by atoms with E-state index >= 15 is 0 Å². The molecule has 3 aromatic rings. The molecule has 4 rings (SSSR count). The first kappa shape index (κ1) is 28.6. The van der Waals surface area contributed by atoms with E-state index in [-0.39, 0.29) is 31.0 Å². The Bertz CT molecular complexity index is 1540. The Kier molecular flexibility index (Phi) is 8.07. The fraction of sp³-hybridized carbons (Fsp3) is 0.310. The summed E-state index contributed by atoms with van der Waals surface area (Å²) in [4.78, 5) is 25.4. The lowest BCUT2D eigenvalue weighted by Crippen LogP contribution is -2.57. The summed E-state index contributed by atoms with van der Waals surface area (Å²) in [5.41, 5.74) is 3.54. The van der Waals surface area contributed by atoms with Crippen molar-refractivity contribution in [3.05, 3.63) is 81.4 Å². The number of carboxylic acids is 1. The summed E-state index contributed by atoms with van der Waals surface area (Å²) in [7, 11) is -3.86. The van der Waals surface area contributed by atoms with Crippen molar-refractivity contribution in [2.24, 2.45) is 0 Å². The van der Waals surface area contributed by atoms with Gasteiger partial charge in [-0.2, -0.15) is 0 Å². The van der Waals surface area contributed by atoms with Gasteiger partial charge in [0, 0.05) is 42.3 Å². The van der Waals surface area contributed by atoms with Crippen molar-refractivity contribution in [1.29, 1.82) is 0 Å². The molecule has 1 aliphatic rings. The Morgan fingerprint density at radius 2 is 1.54 bits per heavy atom. The molecular weight excluding hydrogens is 540 g/mol. The number of aliphatic carboxylic acids is 1. The van der Waals surface area contributed by atoms with Crippen molar-refractivity contribution >= 4 is 39.2 Å². The SMILES string of the molecule is Cc1cc(S(=O)(=O)Nc2cccc(-c3cc(C)c(C(=O)NC4(C(=O)O)CCOCC4)c(C)c3)c2)c(C)cc1Cl. The van der Waals surface area contributed by atoms with E-state index < -0.39 is 27.4 Å². The van der Waals surface area contributed by atoms with Gasteiger partial charge in [-0.25, -0.2) is 13.2 Å². The molecule has 0 bridgehead atoms. The van der Waals surface area contributed by atoms with Crippen LogP contribution < -0.4 is 10.0 Å². The van der Waals surface area contributed by atoms with Crippen molar-refractivity contribution < 1.29 is 27.9 Å². The number of sulfonamides is 1. The number of hydrogen-bond donors (Lipinski definition) is 3. The quantitative estimate of drug-likeness (QED) is 0.349. The van der Waals surface area contributed by atoms with Crippen molar-refractivity contribution in [1.82, 2.24) is 5.32 Å². The number of hydrogen-bond acceptors (Lipinski definition) is 5. The van der Waals surface area contributed by atoms with Crippen LogP contribution >= 0.6 is 11.6 Å². The van der Waals surface area contributed by atoms with Crippen LogP contribution in [0, 0.1) is 27.7 Å². The predicted octanol–water partition coefficient (Wildman–Crippen LogP) is 5.41. The number of nitrogens with one attached hydrogen (secondary N) is 2. The number of halogens is 1. The minimum Gasteiger partial charge on any atom is -0.480 e. The van der Waals surface area contributed by atoms with Crippen LogP contribution in [0.2, 0.25) is 5.02 Å². The maximum absolute atomic E-state index is 13.2. The van der Waals surface area contributed by atoms with E-state index in [1.807, 2.05) is 18.2 Å². The molecule has 1 fully saturated rings. The molecule has 1 amide bonds. The van der Waals surface area contributed by atoms with Gasteiger partial charge in [0.05, 0.1) is 4.90 Å². The highest BCUT2D eigenvalue weighted by Gasteiger charge is 2.42. The minimum atomic E-state index is -3.86. The molecule has 206 valence electrons. The second-order valence-corrected chi connectivity index (χ2v) is 12.1. The van der Waals surface area contributed by atoms with Crippen LogP contribution in [0.5, 0.6) is 0 Å². The van der Waals surface area contributed by atoms with Gasteiger partial charge in [0.15, 0.2) is 0 Å². The third kappa shape index (κ3) is 5.95. The van der Waals surface area contributed by atoms with Crippen LogP contribution in [-0.4, -0.2) is 44.2 Å². The van der Waals surface area contributed by atoms with Gasteiger partial charge < -0.3 is 15.2 Å². The molecule has 39 heavy (non-hydrogen) atoms. The van der Waals surface area contributed by atoms with Gasteiger partial charge in [0.2, 0.25) is 0 Å². The molecule has 1 aliphatic heterocycles. The zero-order chi connectivity index (χ0) is 28.5. The standard InChI is InChI=1S/C29H31ClN2O6S/c1-17-15-25(18(2)14-24(17)30)39(36,37)32-23-7-5-6-21(16-23)22-12-19(3)26(20(4)13-22)27(33)31-29(28(34)35)8-10-38-11-9-29/h5-7,12-16,32H,8-11H2,1-4H3,(H,31,33)(H,34,35). The van der Waals surface area contributed by atoms with Crippen LogP contribution in [-0.2, 0) is 19.6 Å². The second-order valence-electron chi connectivity index (χ2n) is 9.99. The van der Waals surface area contributed by atoms with Gasteiger partial charge in [0.25, 0.3) is 15.9 Å². The van der Waals surface area contributed by atoms with Crippen molar-refractivity contribution in [2.45, 2.75) is 51.0 Å². The normalized spacial score (nSPS) is 15.0. The number of benzene rings is 3. The Morgan fingerprint density at radius 1 is 0.897 bits per heavy atom. The molecule has 10 heteroatoms. The Hall–Kier alpha value is -3.40. The van der Waals surface area contributed by atoms with E-state index in [0.29, 0.717) is 38.5 Å². The highest BCUT2D eigenvalue weighted by Crippen LogP contribution is 2.30. The molecule has 8 nitrogen and oxygen atoms in total. The summed E-state index contributed by atoms with van der Waals surface area (Å²) in [5, 5.41) is 13.1. The maximum Gasteiger partial charge on any atom is 0.329 e. The van der Waals surface area contributed by atoms with E-state index in [9.17, 15) is 23.1 Å². The number of carbonyl (C=O) groups is 2.